The lowest BCUT2D eigenvalue weighted by Gasteiger charge is -2.06. The molecular weight excluding hydrogens is 281 g/mol. The van der Waals surface area contributed by atoms with Gasteiger partial charge in [-0.25, -0.2) is 9.18 Å². The van der Waals surface area contributed by atoms with Crippen molar-refractivity contribution in [2.24, 2.45) is 0 Å². The van der Waals surface area contributed by atoms with E-state index in [1.807, 2.05) is 0 Å². The fraction of sp³-hybridized carbons (Fsp3) is 0.0769. The van der Waals surface area contributed by atoms with E-state index in [-0.39, 0.29) is 23.5 Å². The highest BCUT2D eigenvalue weighted by Gasteiger charge is 2.19. The Hall–Kier alpha value is -3.21. The number of nitro groups is 1. The Kier molecular flexibility index (Phi) is 3.67. The molecular formula is C13H8FN3O4. The molecule has 2 rings (SSSR count). The molecule has 0 saturated heterocycles. The summed E-state index contributed by atoms with van der Waals surface area (Å²) in [7, 11) is 0. The van der Waals surface area contributed by atoms with Crippen LogP contribution in [-0.4, -0.2) is 20.6 Å². The standard InChI is InChI=1S/C13H8FN3O4/c14-10-2-8(5-15)1-9(3-10)6-16-7-11(17(20)21)4-12(16)13(18)19/h1-4,7H,6H2,(H,18,19). The van der Waals surface area contributed by atoms with Crippen molar-refractivity contribution in [3.63, 3.8) is 0 Å². The topological polar surface area (TPSA) is 109 Å². The van der Waals surface area contributed by atoms with E-state index in [0.29, 0.717) is 5.56 Å². The molecule has 21 heavy (non-hydrogen) atoms. The summed E-state index contributed by atoms with van der Waals surface area (Å²) in [6, 6.07) is 6.27. The lowest BCUT2D eigenvalue weighted by molar-refractivity contribution is -0.384. The van der Waals surface area contributed by atoms with Gasteiger partial charge in [0.15, 0.2) is 0 Å². The molecule has 0 saturated carbocycles. The molecule has 1 N–H and O–H groups in total. The third kappa shape index (κ3) is 3.03. The molecule has 8 heteroatoms. The van der Waals surface area contributed by atoms with Gasteiger partial charge < -0.3 is 9.67 Å². The second kappa shape index (κ2) is 5.42. The van der Waals surface area contributed by atoms with Gasteiger partial charge in [-0.05, 0) is 23.8 Å². The van der Waals surface area contributed by atoms with Crippen LogP contribution >= 0.6 is 0 Å². The highest BCUT2D eigenvalue weighted by molar-refractivity contribution is 5.87. The molecule has 2 aromatic rings. The number of carboxylic acid groups (broad SMARTS) is 1. The maximum absolute atomic E-state index is 13.3. The Morgan fingerprint density at radius 3 is 2.71 bits per heavy atom. The van der Waals surface area contributed by atoms with Gasteiger partial charge >= 0.3 is 5.97 Å². The molecule has 0 amide bonds. The van der Waals surface area contributed by atoms with Gasteiger partial charge in [0.05, 0.1) is 22.8 Å². The largest absolute Gasteiger partial charge is 0.477 e. The van der Waals surface area contributed by atoms with Gasteiger partial charge in [-0.1, -0.05) is 0 Å². The van der Waals surface area contributed by atoms with Gasteiger partial charge in [-0.2, -0.15) is 5.26 Å². The fourth-order valence-electron chi connectivity index (χ4n) is 1.91. The van der Waals surface area contributed by atoms with Gasteiger partial charge in [-0.15, -0.1) is 0 Å². The summed E-state index contributed by atoms with van der Waals surface area (Å²) in [5.74, 6) is -1.97. The van der Waals surface area contributed by atoms with Gasteiger partial charge in [0.1, 0.15) is 11.5 Å². The SMILES string of the molecule is N#Cc1cc(F)cc(Cn2cc([N+](=O)[O-])cc2C(=O)O)c1. The first-order chi connectivity index (χ1) is 9.90. The number of benzene rings is 1. The van der Waals surface area contributed by atoms with Crippen LogP contribution in [0.4, 0.5) is 10.1 Å². The predicted octanol–water partition coefficient (Wildman–Crippen LogP) is 2.15. The van der Waals surface area contributed by atoms with Crippen LogP contribution in [0.25, 0.3) is 0 Å². The first-order valence-electron chi connectivity index (χ1n) is 5.68. The van der Waals surface area contributed by atoms with E-state index in [0.717, 1.165) is 29.0 Å². The molecule has 7 nitrogen and oxygen atoms in total. The van der Waals surface area contributed by atoms with Crippen LogP contribution in [0.15, 0.2) is 30.5 Å². The van der Waals surface area contributed by atoms with Crippen molar-refractivity contribution in [3.8, 4) is 6.07 Å². The van der Waals surface area contributed by atoms with E-state index in [1.54, 1.807) is 6.07 Å². The normalized spacial score (nSPS) is 10.1. The van der Waals surface area contributed by atoms with Gasteiger partial charge in [0.25, 0.3) is 5.69 Å². The van der Waals surface area contributed by atoms with Crippen LogP contribution < -0.4 is 0 Å². The number of nitriles is 1. The smallest absolute Gasteiger partial charge is 0.352 e. The average molecular weight is 289 g/mol. The number of nitrogens with zero attached hydrogens (tertiary/aromatic N) is 3. The second-order valence-corrected chi connectivity index (χ2v) is 4.23. The number of aromatic carboxylic acids is 1. The van der Waals surface area contributed by atoms with Crippen LogP contribution in [0.5, 0.6) is 0 Å². The van der Waals surface area contributed by atoms with Crippen molar-refractivity contribution in [2.75, 3.05) is 0 Å². The summed E-state index contributed by atoms with van der Waals surface area (Å²) in [4.78, 5) is 21.0. The first kappa shape index (κ1) is 14.2. The summed E-state index contributed by atoms with van der Waals surface area (Å²) in [5, 5.41) is 28.5. The fourth-order valence-corrected chi connectivity index (χ4v) is 1.91. The summed E-state index contributed by atoms with van der Waals surface area (Å²) >= 11 is 0. The highest BCUT2D eigenvalue weighted by Crippen LogP contribution is 2.19. The number of carbonyl (C=O) groups is 1. The van der Waals surface area contributed by atoms with Crippen LogP contribution in [0.1, 0.15) is 21.6 Å². The van der Waals surface area contributed by atoms with Crippen LogP contribution in [-0.2, 0) is 6.54 Å². The van der Waals surface area contributed by atoms with Gasteiger partial charge in [-0.3, -0.25) is 10.1 Å². The maximum atomic E-state index is 13.3. The molecule has 1 heterocycles. The van der Waals surface area contributed by atoms with Crippen molar-refractivity contribution in [1.29, 1.82) is 5.26 Å². The molecule has 0 unspecified atom stereocenters. The lowest BCUT2D eigenvalue weighted by Crippen LogP contribution is -2.08. The van der Waals surface area contributed by atoms with Crippen molar-refractivity contribution in [3.05, 3.63) is 63.2 Å². The molecule has 0 radical (unpaired) electrons. The number of hydrogen-bond acceptors (Lipinski definition) is 4. The van der Waals surface area contributed by atoms with Crippen molar-refractivity contribution >= 4 is 11.7 Å². The average Bonchev–Trinajstić information content (AvgIpc) is 2.82. The van der Waals surface area contributed by atoms with Gasteiger partial charge in [0, 0.05) is 12.6 Å². The Bertz CT molecular complexity index is 776. The van der Waals surface area contributed by atoms with E-state index >= 15 is 0 Å². The van der Waals surface area contributed by atoms with Gasteiger partial charge in [0.2, 0.25) is 0 Å². The molecule has 0 bridgehead atoms. The van der Waals surface area contributed by atoms with Crippen molar-refractivity contribution in [1.82, 2.24) is 4.57 Å². The Balaban J connectivity index is 2.44. The summed E-state index contributed by atoms with van der Waals surface area (Å²) in [6.45, 7) is -0.0953. The summed E-state index contributed by atoms with van der Waals surface area (Å²) in [6.07, 6.45) is 1.06. The zero-order valence-electron chi connectivity index (χ0n) is 10.5. The van der Waals surface area contributed by atoms with Crippen LogP contribution in [0.2, 0.25) is 0 Å². The number of hydrogen-bond donors (Lipinski definition) is 1. The van der Waals surface area contributed by atoms with E-state index < -0.39 is 16.7 Å². The zero-order valence-corrected chi connectivity index (χ0v) is 10.5. The Morgan fingerprint density at radius 2 is 2.14 bits per heavy atom. The summed E-state index contributed by atoms with van der Waals surface area (Å²) < 4.78 is 14.4. The van der Waals surface area contributed by atoms with E-state index in [2.05, 4.69) is 0 Å². The molecule has 0 spiro atoms. The molecule has 106 valence electrons. The van der Waals surface area contributed by atoms with E-state index in [9.17, 15) is 19.3 Å². The predicted molar refractivity (Wildman–Crippen MR) is 68.3 cm³/mol. The lowest BCUT2D eigenvalue weighted by atomic mass is 10.1. The third-order valence-corrected chi connectivity index (χ3v) is 2.75. The molecule has 1 aromatic carbocycles. The monoisotopic (exact) mass is 289 g/mol. The quantitative estimate of drug-likeness (QED) is 0.685. The van der Waals surface area contributed by atoms with Crippen LogP contribution in [0, 0.1) is 27.3 Å². The molecule has 0 atom stereocenters. The minimum atomic E-state index is -1.33. The van der Waals surface area contributed by atoms with E-state index in [1.165, 1.54) is 6.07 Å². The minimum absolute atomic E-state index is 0.0866. The minimum Gasteiger partial charge on any atom is -0.477 e. The second-order valence-electron chi connectivity index (χ2n) is 4.23. The number of halogens is 1. The first-order valence-corrected chi connectivity index (χ1v) is 5.68. The molecule has 0 aliphatic heterocycles. The highest BCUT2D eigenvalue weighted by atomic mass is 19.1. The third-order valence-electron chi connectivity index (χ3n) is 2.75. The molecule has 0 fully saturated rings. The summed E-state index contributed by atoms with van der Waals surface area (Å²) in [5.41, 5.74) is -0.239. The Morgan fingerprint density at radius 1 is 1.43 bits per heavy atom. The molecule has 1 aromatic heterocycles. The number of rotatable bonds is 4. The zero-order chi connectivity index (χ0) is 15.6. The van der Waals surface area contributed by atoms with Crippen molar-refractivity contribution < 1.29 is 19.2 Å². The van der Waals surface area contributed by atoms with Crippen molar-refractivity contribution in [2.45, 2.75) is 6.54 Å². The Labute approximate surface area is 117 Å². The van der Waals surface area contributed by atoms with E-state index in [4.69, 9.17) is 10.4 Å². The van der Waals surface area contributed by atoms with Crippen LogP contribution in [0.3, 0.4) is 0 Å². The number of carboxylic acids is 1. The number of aromatic nitrogens is 1. The maximum Gasteiger partial charge on any atom is 0.352 e. The molecule has 0 aliphatic rings. The molecule has 0 aliphatic carbocycles.